The second-order valence-corrected chi connectivity index (χ2v) is 5.51. The van der Waals surface area contributed by atoms with E-state index in [2.05, 4.69) is 0 Å². The van der Waals surface area contributed by atoms with Crippen LogP contribution in [0, 0.1) is 17.1 Å². The number of halogens is 2. The highest BCUT2D eigenvalue weighted by Gasteiger charge is 2.25. The van der Waals surface area contributed by atoms with Gasteiger partial charge in [0.15, 0.2) is 5.82 Å². The number of aromatic hydroxyl groups is 1. The summed E-state index contributed by atoms with van der Waals surface area (Å²) in [7, 11) is 0. The maximum Gasteiger partial charge on any atom is 0.159 e. The molecule has 2 aromatic rings. The summed E-state index contributed by atoms with van der Waals surface area (Å²) in [6, 6.07) is 11.6. The van der Waals surface area contributed by atoms with E-state index in [9.17, 15) is 9.50 Å². The third kappa shape index (κ3) is 2.48. The minimum Gasteiger partial charge on any atom is -0.508 e. The van der Waals surface area contributed by atoms with Crippen LogP contribution in [0.2, 0.25) is 5.02 Å². The van der Waals surface area contributed by atoms with Crippen molar-refractivity contribution in [3.8, 4) is 11.8 Å². The van der Waals surface area contributed by atoms with Crippen LogP contribution >= 0.6 is 11.6 Å². The Bertz CT molecular complexity index is 687. The van der Waals surface area contributed by atoms with E-state index in [1.54, 1.807) is 24.3 Å². The fraction of sp³-hybridized carbons (Fsp3) is 0.188. The molecule has 0 atom stereocenters. The minimum absolute atomic E-state index is 0.0640. The van der Waals surface area contributed by atoms with Crippen molar-refractivity contribution in [2.75, 3.05) is 0 Å². The van der Waals surface area contributed by atoms with Gasteiger partial charge in [-0.05, 0) is 35.4 Å². The van der Waals surface area contributed by atoms with E-state index in [0.29, 0.717) is 0 Å². The fourth-order valence-corrected chi connectivity index (χ4v) is 2.30. The molecule has 0 bridgehead atoms. The number of phenols is 1. The van der Waals surface area contributed by atoms with Crippen LogP contribution < -0.4 is 0 Å². The quantitative estimate of drug-likeness (QED) is 0.891. The highest BCUT2D eigenvalue weighted by Crippen LogP contribution is 2.35. The Morgan fingerprint density at radius 2 is 1.75 bits per heavy atom. The van der Waals surface area contributed by atoms with Gasteiger partial charge in [-0.25, -0.2) is 4.39 Å². The van der Waals surface area contributed by atoms with Gasteiger partial charge in [0.1, 0.15) is 11.8 Å². The van der Waals surface area contributed by atoms with Crippen molar-refractivity contribution in [3.05, 3.63) is 63.9 Å². The van der Waals surface area contributed by atoms with E-state index in [1.807, 2.05) is 19.9 Å². The molecule has 0 fully saturated rings. The first-order valence-corrected chi connectivity index (χ1v) is 6.43. The Balaban J connectivity index is 2.57. The first-order chi connectivity index (χ1) is 9.36. The summed E-state index contributed by atoms with van der Waals surface area (Å²) in [5.41, 5.74) is 1.14. The lowest BCUT2D eigenvalue weighted by molar-refractivity contribution is 0.474. The Kier molecular flexibility index (Phi) is 3.69. The molecule has 0 aliphatic rings. The van der Waals surface area contributed by atoms with E-state index in [-0.39, 0.29) is 16.3 Å². The van der Waals surface area contributed by atoms with Crippen LogP contribution in [-0.4, -0.2) is 5.11 Å². The number of nitriles is 1. The van der Waals surface area contributed by atoms with Gasteiger partial charge in [-0.2, -0.15) is 5.26 Å². The van der Waals surface area contributed by atoms with E-state index < -0.39 is 11.2 Å². The molecule has 102 valence electrons. The molecule has 2 rings (SSSR count). The third-order valence-corrected chi connectivity index (χ3v) is 3.73. The normalized spacial score (nSPS) is 11.2. The minimum atomic E-state index is -0.695. The van der Waals surface area contributed by atoms with E-state index in [0.717, 1.165) is 11.1 Å². The zero-order valence-corrected chi connectivity index (χ0v) is 11.9. The van der Waals surface area contributed by atoms with E-state index >= 15 is 0 Å². The number of nitrogens with zero attached hydrogens (tertiary/aromatic N) is 1. The molecule has 0 heterocycles. The predicted molar refractivity (Wildman–Crippen MR) is 76.4 cm³/mol. The molecule has 0 aliphatic heterocycles. The van der Waals surface area contributed by atoms with Crippen LogP contribution in [0.4, 0.5) is 4.39 Å². The molecule has 0 radical (unpaired) electrons. The molecular formula is C16H13ClFNO. The van der Waals surface area contributed by atoms with Crippen molar-refractivity contribution < 1.29 is 9.50 Å². The average Bonchev–Trinajstić information content (AvgIpc) is 2.42. The highest BCUT2D eigenvalue weighted by atomic mass is 35.5. The van der Waals surface area contributed by atoms with Gasteiger partial charge in [0, 0.05) is 5.41 Å². The summed E-state index contributed by atoms with van der Waals surface area (Å²) in [4.78, 5) is 0. The lowest BCUT2D eigenvalue weighted by Gasteiger charge is -2.26. The molecule has 2 nitrogen and oxygen atoms in total. The summed E-state index contributed by atoms with van der Waals surface area (Å²) in [5, 5.41) is 18.2. The van der Waals surface area contributed by atoms with Crippen LogP contribution in [0.1, 0.15) is 30.5 Å². The van der Waals surface area contributed by atoms with Crippen LogP contribution in [0.15, 0.2) is 36.4 Å². The highest BCUT2D eigenvalue weighted by molar-refractivity contribution is 6.30. The third-order valence-electron chi connectivity index (χ3n) is 3.46. The van der Waals surface area contributed by atoms with Crippen molar-refractivity contribution in [1.82, 2.24) is 0 Å². The molecule has 20 heavy (non-hydrogen) atoms. The van der Waals surface area contributed by atoms with Gasteiger partial charge in [0.25, 0.3) is 0 Å². The maximum atomic E-state index is 13.6. The summed E-state index contributed by atoms with van der Waals surface area (Å²) in [6.45, 7) is 3.90. The van der Waals surface area contributed by atoms with Gasteiger partial charge in [-0.3, -0.25) is 0 Å². The van der Waals surface area contributed by atoms with Crippen LogP contribution in [0.5, 0.6) is 5.75 Å². The first-order valence-electron chi connectivity index (χ1n) is 6.05. The second kappa shape index (κ2) is 5.15. The zero-order valence-electron chi connectivity index (χ0n) is 11.1. The second-order valence-electron chi connectivity index (χ2n) is 5.10. The van der Waals surface area contributed by atoms with Crippen molar-refractivity contribution in [2.45, 2.75) is 19.3 Å². The maximum absolute atomic E-state index is 13.6. The van der Waals surface area contributed by atoms with Gasteiger partial charge < -0.3 is 5.11 Å². The molecular weight excluding hydrogens is 277 g/mol. The number of hydrogen-bond donors (Lipinski definition) is 1. The summed E-state index contributed by atoms with van der Waals surface area (Å²) < 4.78 is 13.6. The number of phenolic OH excluding ortho intramolecular Hbond substituents is 1. The van der Waals surface area contributed by atoms with Crippen molar-refractivity contribution in [1.29, 1.82) is 5.26 Å². The lowest BCUT2D eigenvalue weighted by Crippen LogP contribution is -2.19. The van der Waals surface area contributed by atoms with E-state index in [1.165, 1.54) is 12.1 Å². The van der Waals surface area contributed by atoms with Gasteiger partial charge in [-0.15, -0.1) is 0 Å². The molecule has 0 aliphatic carbocycles. The van der Waals surface area contributed by atoms with Gasteiger partial charge in [0.05, 0.1) is 10.6 Å². The average molecular weight is 290 g/mol. The summed E-state index contributed by atoms with van der Waals surface area (Å²) in [5.74, 6) is -0.515. The molecule has 0 aromatic heterocycles. The Labute approximate surface area is 122 Å². The fourth-order valence-electron chi connectivity index (χ4n) is 2.08. The molecule has 0 amide bonds. The molecule has 0 spiro atoms. The molecule has 0 saturated heterocycles. The summed E-state index contributed by atoms with van der Waals surface area (Å²) in [6.07, 6.45) is 0. The monoisotopic (exact) mass is 289 g/mol. The SMILES string of the molecule is CC(C)(c1ccc(O)cc1)c1cc(Cl)c(F)c(C#N)c1. The van der Waals surface area contributed by atoms with Crippen LogP contribution in [-0.2, 0) is 5.41 Å². The molecule has 1 N–H and O–H groups in total. The van der Waals surface area contributed by atoms with Crippen molar-refractivity contribution >= 4 is 11.6 Å². The predicted octanol–water partition coefficient (Wildman–Crippen LogP) is 4.38. The van der Waals surface area contributed by atoms with Gasteiger partial charge >= 0.3 is 0 Å². The van der Waals surface area contributed by atoms with Gasteiger partial charge in [0.2, 0.25) is 0 Å². The Hall–Kier alpha value is -2.05. The molecule has 0 saturated carbocycles. The smallest absolute Gasteiger partial charge is 0.159 e. The molecule has 2 aromatic carbocycles. The number of rotatable bonds is 2. The van der Waals surface area contributed by atoms with Crippen molar-refractivity contribution in [2.24, 2.45) is 0 Å². The standard InChI is InChI=1S/C16H13ClFNO/c1-16(2,11-3-5-13(20)6-4-11)12-7-10(9-19)15(18)14(17)8-12/h3-8,20H,1-2H3. The first kappa shape index (κ1) is 14.4. The molecule has 0 unspecified atom stereocenters. The van der Waals surface area contributed by atoms with E-state index in [4.69, 9.17) is 16.9 Å². The lowest BCUT2D eigenvalue weighted by atomic mass is 9.77. The topological polar surface area (TPSA) is 44.0 Å². The zero-order chi connectivity index (χ0) is 14.9. The number of benzene rings is 2. The molecule has 4 heteroatoms. The Morgan fingerprint density at radius 1 is 1.15 bits per heavy atom. The van der Waals surface area contributed by atoms with Crippen LogP contribution in [0.3, 0.4) is 0 Å². The van der Waals surface area contributed by atoms with Gasteiger partial charge in [-0.1, -0.05) is 37.6 Å². The largest absolute Gasteiger partial charge is 0.508 e. The van der Waals surface area contributed by atoms with Crippen LogP contribution in [0.25, 0.3) is 0 Å². The summed E-state index contributed by atoms with van der Waals surface area (Å²) >= 11 is 5.85. The number of hydrogen-bond acceptors (Lipinski definition) is 2. The Morgan fingerprint density at radius 3 is 2.30 bits per heavy atom. The van der Waals surface area contributed by atoms with Crippen molar-refractivity contribution in [3.63, 3.8) is 0 Å².